The average molecular weight is 457 g/mol. The average Bonchev–Trinajstić information content (AvgIpc) is 2.83. The van der Waals surface area contributed by atoms with E-state index in [9.17, 15) is 4.79 Å². The molecule has 0 aliphatic carbocycles. The molecule has 2 aliphatic heterocycles. The summed E-state index contributed by atoms with van der Waals surface area (Å²) in [6, 6.07) is 23.9. The van der Waals surface area contributed by atoms with Crippen molar-refractivity contribution in [1.29, 1.82) is 0 Å². The second-order valence-corrected chi connectivity index (χ2v) is 8.82. The number of ether oxygens (including phenoxy) is 1. The Morgan fingerprint density at radius 1 is 1.06 bits per heavy atom. The van der Waals surface area contributed by atoms with E-state index in [0.717, 1.165) is 21.9 Å². The minimum absolute atomic E-state index is 0.176. The molecule has 0 radical (unpaired) electrons. The maximum absolute atomic E-state index is 13.3. The van der Waals surface area contributed by atoms with Crippen molar-refractivity contribution in [2.75, 3.05) is 6.61 Å². The molecule has 6 nitrogen and oxygen atoms in total. The largest absolute Gasteiger partial charge is 0.494 e. The molecule has 0 fully saturated rings. The number of amides is 1. The van der Waals surface area contributed by atoms with Crippen molar-refractivity contribution in [3.63, 3.8) is 0 Å². The van der Waals surface area contributed by atoms with E-state index in [-0.39, 0.29) is 5.91 Å². The first-order valence-electron chi connectivity index (χ1n) is 10.9. The van der Waals surface area contributed by atoms with Crippen molar-refractivity contribution in [1.82, 2.24) is 10.3 Å². The third-order valence-corrected chi connectivity index (χ3v) is 6.41. The normalized spacial score (nSPS) is 16.8. The number of hydrogen-bond acceptors (Lipinski definition) is 6. The van der Waals surface area contributed by atoms with Crippen molar-refractivity contribution in [2.45, 2.75) is 25.8 Å². The smallest absolute Gasteiger partial charge is 0.276 e. The number of amidine groups is 1. The van der Waals surface area contributed by atoms with Crippen LogP contribution in [0.1, 0.15) is 29.8 Å². The predicted octanol–water partition coefficient (Wildman–Crippen LogP) is 3.47. The topological polar surface area (TPSA) is 66.3 Å². The fourth-order valence-electron chi connectivity index (χ4n) is 3.88. The molecular formula is C26H24N4O2S. The van der Waals surface area contributed by atoms with Crippen molar-refractivity contribution in [3.05, 3.63) is 100 Å². The van der Waals surface area contributed by atoms with Gasteiger partial charge in [-0.15, -0.1) is 5.10 Å². The molecule has 0 saturated carbocycles. The number of carbonyl (C=O) groups is 1. The van der Waals surface area contributed by atoms with Crippen LogP contribution in [0.5, 0.6) is 5.75 Å². The molecule has 0 spiro atoms. The number of carbonyl (C=O) groups excluding carboxylic acids is 1. The third-order valence-electron chi connectivity index (χ3n) is 5.48. The summed E-state index contributed by atoms with van der Waals surface area (Å²) in [5.41, 5.74) is 3.81. The van der Waals surface area contributed by atoms with Gasteiger partial charge in [-0.05, 0) is 37.6 Å². The highest BCUT2D eigenvalue weighted by Gasteiger charge is 2.34. The Morgan fingerprint density at radius 3 is 2.70 bits per heavy atom. The number of nitrogens with one attached hydrogen (secondary N) is 1. The number of fused-ring (bicyclic) bond motifs is 2. The molecule has 1 N–H and O–H groups in total. The minimum Gasteiger partial charge on any atom is -0.494 e. The van der Waals surface area contributed by atoms with E-state index in [4.69, 9.17) is 14.8 Å². The highest BCUT2D eigenvalue weighted by molar-refractivity contribution is 8.13. The lowest BCUT2D eigenvalue weighted by Crippen LogP contribution is -2.50. The SMILES string of the molecule is CCOc1cccc([C@H]2N=c3ccccc3=C3C(=O)NC(SCc4ccc(C)cc4)=NN32)c1. The van der Waals surface area contributed by atoms with Crippen LogP contribution < -0.4 is 20.6 Å². The third kappa shape index (κ3) is 4.36. The Kier molecular flexibility index (Phi) is 5.88. The molecule has 5 rings (SSSR count). The molecule has 3 aromatic carbocycles. The number of hydrogen-bond donors (Lipinski definition) is 1. The second-order valence-electron chi connectivity index (χ2n) is 7.85. The van der Waals surface area contributed by atoms with E-state index < -0.39 is 6.17 Å². The first-order valence-corrected chi connectivity index (χ1v) is 11.9. The summed E-state index contributed by atoms with van der Waals surface area (Å²) in [6.45, 7) is 4.60. The van der Waals surface area contributed by atoms with Gasteiger partial charge in [0.05, 0.1) is 12.0 Å². The monoisotopic (exact) mass is 456 g/mol. The van der Waals surface area contributed by atoms with Crippen molar-refractivity contribution >= 4 is 28.5 Å². The first kappa shape index (κ1) is 21.3. The van der Waals surface area contributed by atoms with Crippen LogP contribution in [-0.4, -0.2) is 22.7 Å². The van der Waals surface area contributed by atoms with Crippen LogP contribution in [0.4, 0.5) is 0 Å². The molecule has 1 amide bonds. The highest BCUT2D eigenvalue weighted by atomic mass is 32.2. The van der Waals surface area contributed by atoms with Gasteiger partial charge in [0.1, 0.15) is 11.4 Å². The van der Waals surface area contributed by atoms with Gasteiger partial charge in [0, 0.05) is 16.5 Å². The van der Waals surface area contributed by atoms with Crippen LogP contribution in [0.25, 0.3) is 5.70 Å². The minimum atomic E-state index is -0.462. The van der Waals surface area contributed by atoms with Crippen LogP contribution >= 0.6 is 11.8 Å². The van der Waals surface area contributed by atoms with Crippen molar-refractivity contribution < 1.29 is 9.53 Å². The van der Waals surface area contributed by atoms with E-state index in [1.165, 1.54) is 22.9 Å². The van der Waals surface area contributed by atoms with E-state index in [2.05, 4.69) is 36.5 Å². The molecule has 2 aliphatic rings. The molecule has 0 aromatic heterocycles. The summed E-state index contributed by atoms with van der Waals surface area (Å²) in [4.78, 5) is 18.2. The number of thioether (sulfide) groups is 1. The van der Waals surface area contributed by atoms with Gasteiger partial charge >= 0.3 is 0 Å². The number of para-hydroxylation sites is 1. The van der Waals surface area contributed by atoms with Crippen molar-refractivity contribution in [3.8, 4) is 5.75 Å². The molecule has 0 unspecified atom stereocenters. The van der Waals surface area contributed by atoms with E-state index in [0.29, 0.717) is 23.2 Å². The van der Waals surface area contributed by atoms with Crippen LogP contribution in [-0.2, 0) is 10.5 Å². The zero-order chi connectivity index (χ0) is 22.8. The molecular weight excluding hydrogens is 432 g/mol. The predicted molar refractivity (Wildman–Crippen MR) is 131 cm³/mol. The summed E-state index contributed by atoms with van der Waals surface area (Å²) in [5, 5.41) is 11.7. The van der Waals surface area contributed by atoms with Gasteiger partial charge in [0.15, 0.2) is 11.3 Å². The van der Waals surface area contributed by atoms with E-state index in [1.54, 1.807) is 5.01 Å². The fraction of sp³-hybridized carbons (Fsp3) is 0.192. The van der Waals surface area contributed by atoms with E-state index >= 15 is 0 Å². The fourth-order valence-corrected chi connectivity index (χ4v) is 4.68. The quantitative estimate of drug-likeness (QED) is 0.639. The molecule has 7 heteroatoms. The molecule has 166 valence electrons. The molecule has 1 atom stereocenters. The summed E-state index contributed by atoms with van der Waals surface area (Å²) in [5.74, 6) is 1.30. The number of aryl methyl sites for hydroxylation is 1. The maximum Gasteiger partial charge on any atom is 0.276 e. The zero-order valence-corrected chi connectivity index (χ0v) is 19.3. The number of hydrazone groups is 1. The standard InChI is InChI=1S/C26H24N4O2S/c1-3-32-20-8-6-7-19(15-20)24-27-22-10-5-4-9-21(22)23-25(31)28-26(29-30(23)24)33-16-18-13-11-17(2)12-14-18/h4-15,24H,3,16H2,1-2H3,(H,28,29,31)/t24-/m0/s1. The van der Waals surface area contributed by atoms with Gasteiger partial charge in [-0.2, -0.15) is 0 Å². The highest BCUT2D eigenvalue weighted by Crippen LogP contribution is 2.32. The molecule has 2 heterocycles. The molecule has 33 heavy (non-hydrogen) atoms. The Bertz CT molecular complexity index is 1350. The molecule has 3 aromatic rings. The summed E-state index contributed by atoms with van der Waals surface area (Å²) in [6.07, 6.45) is -0.462. The molecule has 0 bridgehead atoms. The van der Waals surface area contributed by atoms with Gasteiger partial charge in [0.2, 0.25) is 0 Å². The number of rotatable bonds is 5. The van der Waals surface area contributed by atoms with Gasteiger partial charge in [-0.3, -0.25) is 15.1 Å². The Balaban J connectivity index is 1.54. The van der Waals surface area contributed by atoms with Gasteiger partial charge in [-0.25, -0.2) is 5.01 Å². The van der Waals surface area contributed by atoms with Crippen molar-refractivity contribution in [2.24, 2.45) is 10.1 Å². The lowest BCUT2D eigenvalue weighted by atomic mass is 10.1. The second kappa shape index (κ2) is 9.11. The lowest BCUT2D eigenvalue weighted by Gasteiger charge is -2.34. The number of benzene rings is 3. The number of nitrogens with zero attached hydrogens (tertiary/aromatic N) is 3. The Hall–Kier alpha value is -3.58. The van der Waals surface area contributed by atoms with E-state index in [1.807, 2.05) is 55.5 Å². The van der Waals surface area contributed by atoms with Crippen LogP contribution in [0.3, 0.4) is 0 Å². The zero-order valence-electron chi connectivity index (χ0n) is 18.5. The van der Waals surface area contributed by atoms with Crippen LogP contribution in [0, 0.1) is 6.92 Å². The Morgan fingerprint density at radius 2 is 1.88 bits per heavy atom. The van der Waals surface area contributed by atoms with Gasteiger partial charge < -0.3 is 4.74 Å². The Labute approximate surface area is 196 Å². The lowest BCUT2D eigenvalue weighted by molar-refractivity contribution is -0.116. The van der Waals surface area contributed by atoms with Gasteiger partial charge in [-0.1, -0.05) is 71.9 Å². The summed E-state index contributed by atoms with van der Waals surface area (Å²) >= 11 is 1.50. The van der Waals surface area contributed by atoms with Crippen LogP contribution in [0.15, 0.2) is 82.9 Å². The molecule has 0 saturated heterocycles. The summed E-state index contributed by atoms with van der Waals surface area (Å²) < 4.78 is 5.69. The van der Waals surface area contributed by atoms with Crippen LogP contribution in [0.2, 0.25) is 0 Å². The maximum atomic E-state index is 13.3. The first-order chi connectivity index (χ1) is 16.1. The van der Waals surface area contributed by atoms with Gasteiger partial charge in [0.25, 0.3) is 5.91 Å². The summed E-state index contributed by atoms with van der Waals surface area (Å²) in [7, 11) is 0.